The Bertz CT molecular complexity index is 574. The highest BCUT2D eigenvalue weighted by atomic mass is 16.5. The molecule has 1 heterocycles. The van der Waals surface area contributed by atoms with Gasteiger partial charge in [0.25, 0.3) is 0 Å². The van der Waals surface area contributed by atoms with Crippen molar-refractivity contribution in [2.75, 3.05) is 12.8 Å². The zero-order valence-corrected chi connectivity index (χ0v) is 10.9. The zero-order valence-electron chi connectivity index (χ0n) is 10.9. The van der Waals surface area contributed by atoms with Crippen molar-refractivity contribution in [2.45, 2.75) is 31.6 Å². The number of nitrogen functional groups attached to an aromatic ring is 1. The second-order valence-corrected chi connectivity index (χ2v) is 4.88. The average Bonchev–Trinajstić information content (AvgIpc) is 3.10. The van der Waals surface area contributed by atoms with Crippen LogP contribution in [-0.2, 0) is 0 Å². The lowest BCUT2D eigenvalue weighted by molar-refractivity contribution is 0.416. The van der Waals surface area contributed by atoms with Crippen LogP contribution in [-0.4, -0.2) is 17.3 Å². The summed E-state index contributed by atoms with van der Waals surface area (Å²) >= 11 is 0. The highest BCUT2D eigenvalue weighted by Crippen LogP contribution is 2.35. The summed E-state index contributed by atoms with van der Waals surface area (Å²) in [6, 6.07) is 5.47. The summed E-state index contributed by atoms with van der Waals surface area (Å²) in [7, 11) is 1.59. The lowest BCUT2D eigenvalue weighted by atomic mass is 10.1. The third kappa shape index (κ3) is 2.28. The van der Waals surface area contributed by atoms with E-state index in [1.165, 1.54) is 12.8 Å². The Balaban J connectivity index is 1.89. The largest absolute Gasteiger partial charge is 0.495 e. The van der Waals surface area contributed by atoms with E-state index in [2.05, 4.69) is 10.2 Å². The molecule has 2 N–H and O–H groups in total. The molecule has 0 aliphatic heterocycles. The molecule has 0 bridgehead atoms. The van der Waals surface area contributed by atoms with Crippen LogP contribution in [0.2, 0.25) is 0 Å². The number of nitrogens with two attached hydrogens (primary N) is 1. The van der Waals surface area contributed by atoms with Crippen molar-refractivity contribution >= 4 is 5.69 Å². The van der Waals surface area contributed by atoms with E-state index in [4.69, 9.17) is 14.9 Å². The van der Waals surface area contributed by atoms with Gasteiger partial charge < -0.3 is 14.9 Å². The number of benzene rings is 1. The van der Waals surface area contributed by atoms with Gasteiger partial charge >= 0.3 is 0 Å². The van der Waals surface area contributed by atoms with Gasteiger partial charge in [-0.05, 0) is 31.0 Å². The quantitative estimate of drug-likeness (QED) is 0.858. The van der Waals surface area contributed by atoms with Crippen molar-refractivity contribution in [1.29, 1.82) is 0 Å². The second kappa shape index (κ2) is 4.91. The Hall–Kier alpha value is -2.04. The number of ether oxygens (including phenoxy) is 1. The lowest BCUT2D eigenvalue weighted by Gasteiger charge is -2.05. The highest BCUT2D eigenvalue weighted by Gasteiger charge is 2.23. The van der Waals surface area contributed by atoms with Crippen LogP contribution in [0, 0.1) is 0 Å². The summed E-state index contributed by atoms with van der Waals surface area (Å²) in [4.78, 5) is 0. The Morgan fingerprint density at radius 1 is 1.26 bits per heavy atom. The lowest BCUT2D eigenvalue weighted by Crippen LogP contribution is -1.92. The summed E-state index contributed by atoms with van der Waals surface area (Å²) < 4.78 is 11.0. The maximum Gasteiger partial charge on any atom is 0.247 e. The highest BCUT2D eigenvalue weighted by molar-refractivity contribution is 5.64. The molecule has 0 unspecified atom stereocenters. The minimum absolute atomic E-state index is 0.428. The van der Waals surface area contributed by atoms with Crippen molar-refractivity contribution in [3.05, 3.63) is 24.1 Å². The SMILES string of the molecule is COc1cc(-c2nnc(C3CCCC3)o2)ccc1N. The molecule has 0 saturated heterocycles. The number of aromatic nitrogens is 2. The molecule has 1 aromatic carbocycles. The summed E-state index contributed by atoms with van der Waals surface area (Å²) in [5, 5.41) is 8.29. The molecule has 1 saturated carbocycles. The van der Waals surface area contributed by atoms with Gasteiger partial charge in [-0.15, -0.1) is 10.2 Å². The van der Waals surface area contributed by atoms with Crippen molar-refractivity contribution in [1.82, 2.24) is 10.2 Å². The maximum absolute atomic E-state index is 5.79. The fraction of sp³-hybridized carbons (Fsp3) is 0.429. The minimum atomic E-state index is 0.428. The van der Waals surface area contributed by atoms with E-state index in [0.29, 0.717) is 23.2 Å². The first kappa shape index (κ1) is 12.0. The van der Waals surface area contributed by atoms with E-state index < -0.39 is 0 Å². The predicted molar refractivity (Wildman–Crippen MR) is 71.9 cm³/mol. The Labute approximate surface area is 111 Å². The van der Waals surface area contributed by atoms with E-state index in [-0.39, 0.29) is 0 Å². The number of nitrogens with zero attached hydrogens (tertiary/aromatic N) is 2. The standard InChI is InChI=1S/C14H17N3O2/c1-18-12-8-10(6-7-11(12)15)14-17-16-13(19-14)9-4-2-3-5-9/h6-9H,2-5,15H2,1H3. The molecule has 0 atom stereocenters. The smallest absolute Gasteiger partial charge is 0.247 e. The number of methoxy groups -OCH3 is 1. The van der Waals surface area contributed by atoms with E-state index in [0.717, 1.165) is 24.3 Å². The molecule has 1 aromatic heterocycles. The molecule has 100 valence electrons. The van der Waals surface area contributed by atoms with Crippen LogP contribution in [0.15, 0.2) is 22.6 Å². The number of anilines is 1. The monoisotopic (exact) mass is 259 g/mol. The van der Waals surface area contributed by atoms with Crippen LogP contribution in [0.4, 0.5) is 5.69 Å². The fourth-order valence-electron chi connectivity index (χ4n) is 2.53. The molecule has 0 radical (unpaired) electrons. The number of hydrogen-bond donors (Lipinski definition) is 1. The van der Waals surface area contributed by atoms with Gasteiger partial charge in [-0.2, -0.15) is 0 Å². The Morgan fingerprint density at radius 2 is 2.05 bits per heavy atom. The summed E-state index contributed by atoms with van der Waals surface area (Å²) in [6.45, 7) is 0. The second-order valence-electron chi connectivity index (χ2n) is 4.88. The first-order valence-electron chi connectivity index (χ1n) is 6.55. The van der Waals surface area contributed by atoms with Crippen LogP contribution < -0.4 is 10.5 Å². The van der Waals surface area contributed by atoms with E-state index >= 15 is 0 Å². The molecule has 5 nitrogen and oxygen atoms in total. The Morgan fingerprint density at radius 3 is 2.79 bits per heavy atom. The van der Waals surface area contributed by atoms with Crippen LogP contribution in [0.3, 0.4) is 0 Å². The van der Waals surface area contributed by atoms with Crippen molar-refractivity contribution in [3.8, 4) is 17.2 Å². The summed E-state index contributed by atoms with van der Waals surface area (Å²) in [6.07, 6.45) is 4.79. The molecule has 0 amide bonds. The van der Waals surface area contributed by atoms with Gasteiger partial charge in [-0.3, -0.25) is 0 Å². The number of rotatable bonds is 3. The van der Waals surface area contributed by atoms with Gasteiger partial charge in [-0.1, -0.05) is 12.8 Å². The van der Waals surface area contributed by atoms with Crippen molar-refractivity contribution in [2.24, 2.45) is 0 Å². The molecule has 1 aliphatic rings. The normalized spacial score (nSPS) is 15.8. The van der Waals surface area contributed by atoms with Crippen LogP contribution in [0.1, 0.15) is 37.5 Å². The predicted octanol–water partition coefficient (Wildman–Crippen LogP) is 2.99. The van der Waals surface area contributed by atoms with Gasteiger partial charge in [-0.25, -0.2) is 0 Å². The van der Waals surface area contributed by atoms with E-state index in [1.54, 1.807) is 13.2 Å². The molecular formula is C14H17N3O2. The van der Waals surface area contributed by atoms with Crippen molar-refractivity contribution in [3.63, 3.8) is 0 Å². The number of hydrogen-bond acceptors (Lipinski definition) is 5. The molecule has 1 fully saturated rings. The molecule has 1 aliphatic carbocycles. The molecular weight excluding hydrogens is 242 g/mol. The van der Waals surface area contributed by atoms with Gasteiger partial charge in [0.1, 0.15) is 5.75 Å². The average molecular weight is 259 g/mol. The van der Waals surface area contributed by atoms with Gasteiger partial charge in [0.2, 0.25) is 11.8 Å². The molecule has 19 heavy (non-hydrogen) atoms. The Kier molecular flexibility index (Phi) is 3.11. The van der Waals surface area contributed by atoms with Gasteiger partial charge in [0, 0.05) is 11.5 Å². The first-order valence-corrected chi connectivity index (χ1v) is 6.55. The topological polar surface area (TPSA) is 74.2 Å². The van der Waals surface area contributed by atoms with E-state index in [1.807, 2.05) is 12.1 Å². The van der Waals surface area contributed by atoms with Crippen LogP contribution >= 0.6 is 0 Å². The molecule has 5 heteroatoms. The molecule has 3 rings (SSSR count). The molecule has 0 spiro atoms. The summed E-state index contributed by atoms with van der Waals surface area (Å²) in [5.41, 5.74) is 7.23. The van der Waals surface area contributed by atoms with Crippen LogP contribution in [0.25, 0.3) is 11.5 Å². The maximum atomic E-state index is 5.79. The van der Waals surface area contributed by atoms with Crippen LogP contribution in [0.5, 0.6) is 5.75 Å². The van der Waals surface area contributed by atoms with Crippen molar-refractivity contribution < 1.29 is 9.15 Å². The minimum Gasteiger partial charge on any atom is -0.495 e. The zero-order chi connectivity index (χ0) is 13.2. The summed E-state index contributed by atoms with van der Waals surface area (Å²) in [5.74, 6) is 2.33. The third-order valence-electron chi connectivity index (χ3n) is 3.63. The van der Waals surface area contributed by atoms with Gasteiger partial charge in [0.05, 0.1) is 12.8 Å². The molecule has 2 aromatic rings. The van der Waals surface area contributed by atoms with Gasteiger partial charge in [0.15, 0.2) is 0 Å². The van der Waals surface area contributed by atoms with E-state index in [9.17, 15) is 0 Å². The first-order chi connectivity index (χ1) is 9.28. The fourth-order valence-corrected chi connectivity index (χ4v) is 2.53. The third-order valence-corrected chi connectivity index (χ3v) is 3.63.